The third-order valence-electron chi connectivity index (χ3n) is 11.6. The molecule has 1 aromatic carbocycles. The van der Waals surface area contributed by atoms with Gasteiger partial charge >= 0.3 is 12.1 Å². The van der Waals surface area contributed by atoms with Gasteiger partial charge in [-0.15, -0.1) is 0 Å². The predicted octanol–water partition coefficient (Wildman–Crippen LogP) is 9.97. The minimum atomic E-state index is -5.46. The van der Waals surface area contributed by atoms with Gasteiger partial charge in [-0.05, 0) is 129 Å². The largest absolute Gasteiger partial charge is 0.507 e. The summed E-state index contributed by atoms with van der Waals surface area (Å²) in [6.45, 7) is 5.76. The molecule has 0 aliphatic heterocycles. The van der Waals surface area contributed by atoms with E-state index in [9.17, 15) is 32.2 Å². The van der Waals surface area contributed by atoms with Crippen LogP contribution >= 0.6 is 15.9 Å². The van der Waals surface area contributed by atoms with Crippen LogP contribution in [-0.2, 0) is 6.42 Å². The summed E-state index contributed by atoms with van der Waals surface area (Å²) >= 11 is 3.59. The Morgan fingerprint density at radius 2 is 1.57 bits per heavy atom. The van der Waals surface area contributed by atoms with Crippen molar-refractivity contribution in [2.75, 3.05) is 20.1 Å². The molecule has 252 valence electrons. The number of benzene rings is 1. The Bertz CT molecular complexity index is 1110. The predicted molar refractivity (Wildman–Crippen MR) is 165 cm³/mol. The summed E-state index contributed by atoms with van der Waals surface area (Å²) in [6, 6.07) is 3.58. The molecule has 4 rings (SSSR count). The number of halogens is 7. The molecule has 0 saturated heterocycles. The Labute approximate surface area is 267 Å². The van der Waals surface area contributed by atoms with Crippen LogP contribution in [0.3, 0.4) is 0 Å². The molecule has 3 aliphatic rings. The quantitative estimate of drug-likeness (QED) is 0.150. The Morgan fingerprint density at radius 3 is 2.23 bits per heavy atom. The minimum absolute atomic E-state index is 0.125. The lowest BCUT2D eigenvalue weighted by atomic mass is 9.50. The van der Waals surface area contributed by atoms with Crippen LogP contribution in [0.15, 0.2) is 16.6 Å². The second-order valence-corrected chi connectivity index (χ2v) is 15.3. The van der Waals surface area contributed by atoms with Gasteiger partial charge in [-0.25, -0.2) is 4.39 Å². The second kappa shape index (κ2) is 14.0. The van der Waals surface area contributed by atoms with Crippen molar-refractivity contribution in [3.8, 4) is 5.75 Å². The first-order valence-electron chi connectivity index (χ1n) is 16.5. The molecule has 10 heteroatoms. The summed E-state index contributed by atoms with van der Waals surface area (Å²) in [5.41, 5.74) is 0.715. The van der Waals surface area contributed by atoms with Gasteiger partial charge in [-0.1, -0.05) is 45.1 Å². The molecular formula is C34H50BrF6NO2. The maximum absolute atomic E-state index is 16.2. The summed E-state index contributed by atoms with van der Waals surface area (Å²) < 4.78 is 79.6. The summed E-state index contributed by atoms with van der Waals surface area (Å²) in [5, 5.41) is 21.7. The van der Waals surface area contributed by atoms with E-state index in [-0.39, 0.29) is 35.8 Å². The fraction of sp³-hybridized carbons (Fsp3) is 0.824. The van der Waals surface area contributed by atoms with E-state index in [1.807, 2.05) is 20.0 Å². The lowest BCUT2D eigenvalue weighted by molar-refractivity contribution is -0.284. The van der Waals surface area contributed by atoms with Crippen molar-refractivity contribution in [1.29, 1.82) is 0 Å². The number of aromatic hydroxyl groups is 1. The average Bonchev–Trinajstić information content (AvgIpc) is 3.17. The number of phenolic OH excluding ortho intramolecular Hbond substituents is 1. The van der Waals surface area contributed by atoms with Crippen molar-refractivity contribution >= 4 is 15.9 Å². The fourth-order valence-electron chi connectivity index (χ4n) is 8.79. The highest BCUT2D eigenvalue weighted by Gasteiger charge is 2.64. The van der Waals surface area contributed by atoms with Crippen LogP contribution in [0.1, 0.15) is 114 Å². The SMILES string of the molecule is CN(CCCCCCCC(F)(F)C(F)(F)F)CCCCCC1Cc2c(ccc(O)c2Br)C2C(F)CC3(C)C(CCC3(C)O)C12. The topological polar surface area (TPSA) is 43.7 Å². The number of aliphatic hydroxyl groups is 1. The molecule has 7 atom stereocenters. The molecule has 7 unspecified atom stereocenters. The molecular weight excluding hydrogens is 648 g/mol. The molecule has 1 aromatic rings. The van der Waals surface area contributed by atoms with E-state index in [4.69, 9.17) is 0 Å². The molecule has 0 radical (unpaired) electrons. The van der Waals surface area contributed by atoms with E-state index in [0.717, 1.165) is 75.6 Å². The summed E-state index contributed by atoms with van der Waals surface area (Å²) in [4.78, 5) is 2.24. The monoisotopic (exact) mass is 697 g/mol. The number of hydrogen-bond acceptors (Lipinski definition) is 3. The lowest BCUT2D eigenvalue weighted by Gasteiger charge is -2.56. The fourth-order valence-corrected chi connectivity index (χ4v) is 9.31. The van der Waals surface area contributed by atoms with Crippen LogP contribution in [0.25, 0.3) is 0 Å². The first-order chi connectivity index (χ1) is 20.5. The van der Waals surface area contributed by atoms with Gasteiger partial charge in [0.05, 0.1) is 10.1 Å². The van der Waals surface area contributed by atoms with Crippen molar-refractivity contribution in [2.24, 2.45) is 23.2 Å². The third kappa shape index (κ3) is 7.42. The highest BCUT2D eigenvalue weighted by Crippen LogP contribution is 2.66. The van der Waals surface area contributed by atoms with Crippen molar-refractivity contribution in [3.63, 3.8) is 0 Å². The number of fused-ring (bicyclic) bond motifs is 5. The summed E-state index contributed by atoms with van der Waals surface area (Å²) in [5.74, 6) is -3.94. The van der Waals surface area contributed by atoms with Crippen LogP contribution in [0.4, 0.5) is 26.3 Å². The molecule has 0 heterocycles. The maximum Gasteiger partial charge on any atom is 0.453 e. The van der Waals surface area contributed by atoms with Crippen LogP contribution in [0.2, 0.25) is 0 Å². The molecule has 2 N–H and O–H groups in total. The van der Waals surface area contributed by atoms with Gasteiger partial charge in [0.15, 0.2) is 0 Å². The Hall–Kier alpha value is -1.00. The normalized spacial score (nSPS) is 32.0. The maximum atomic E-state index is 16.2. The van der Waals surface area contributed by atoms with Crippen LogP contribution in [-0.4, -0.2) is 59.1 Å². The number of alkyl halides is 6. The van der Waals surface area contributed by atoms with E-state index in [1.54, 1.807) is 6.07 Å². The smallest absolute Gasteiger partial charge is 0.453 e. The zero-order chi connectivity index (χ0) is 32.5. The molecule has 44 heavy (non-hydrogen) atoms. The van der Waals surface area contributed by atoms with Crippen molar-refractivity contribution in [1.82, 2.24) is 4.90 Å². The molecule has 0 aromatic heterocycles. The average molecular weight is 699 g/mol. The molecule has 3 nitrogen and oxygen atoms in total. The van der Waals surface area contributed by atoms with E-state index in [2.05, 4.69) is 27.8 Å². The van der Waals surface area contributed by atoms with Crippen molar-refractivity contribution in [3.05, 3.63) is 27.7 Å². The summed E-state index contributed by atoms with van der Waals surface area (Å²) in [6.07, 6.45) is 1.75. The zero-order valence-electron chi connectivity index (χ0n) is 26.3. The highest BCUT2D eigenvalue weighted by molar-refractivity contribution is 9.10. The third-order valence-corrected chi connectivity index (χ3v) is 12.5. The van der Waals surface area contributed by atoms with Crippen LogP contribution < -0.4 is 0 Å². The van der Waals surface area contributed by atoms with Gasteiger partial charge in [0, 0.05) is 17.8 Å². The molecule has 0 bridgehead atoms. The van der Waals surface area contributed by atoms with E-state index < -0.39 is 35.7 Å². The molecule has 2 fully saturated rings. The van der Waals surface area contributed by atoms with Gasteiger partial charge in [0.25, 0.3) is 0 Å². The van der Waals surface area contributed by atoms with E-state index in [1.165, 1.54) is 0 Å². The lowest BCUT2D eigenvalue weighted by Crippen LogP contribution is -2.55. The number of hydrogen-bond donors (Lipinski definition) is 2. The summed E-state index contributed by atoms with van der Waals surface area (Å²) in [7, 11) is 2.05. The Morgan fingerprint density at radius 1 is 0.955 bits per heavy atom. The Balaban J connectivity index is 1.24. The number of rotatable bonds is 14. The number of phenols is 1. The second-order valence-electron chi connectivity index (χ2n) is 14.5. The van der Waals surface area contributed by atoms with Gasteiger partial charge in [0.1, 0.15) is 11.9 Å². The van der Waals surface area contributed by atoms with Crippen molar-refractivity contribution < 1.29 is 36.6 Å². The van der Waals surface area contributed by atoms with Gasteiger partial charge in [-0.3, -0.25) is 0 Å². The molecule has 2 saturated carbocycles. The molecule has 0 amide bonds. The number of nitrogens with zero attached hydrogens (tertiary/aromatic N) is 1. The first-order valence-corrected chi connectivity index (χ1v) is 17.3. The first kappa shape index (κ1) is 35.8. The highest BCUT2D eigenvalue weighted by atomic mass is 79.9. The van der Waals surface area contributed by atoms with Gasteiger partial charge < -0.3 is 15.1 Å². The minimum Gasteiger partial charge on any atom is -0.507 e. The molecule has 3 aliphatic carbocycles. The van der Waals surface area contributed by atoms with Crippen LogP contribution in [0.5, 0.6) is 5.75 Å². The van der Waals surface area contributed by atoms with Gasteiger partial charge in [-0.2, -0.15) is 22.0 Å². The van der Waals surface area contributed by atoms with E-state index >= 15 is 4.39 Å². The standard InChI is InChI=1S/C34H50BrF6NO2/c1-31-21-26(36)29-23-13-14-27(43)30(35)24(23)20-22(28(29)25(31)15-17-32(31,2)44)12-8-7-11-19-42(3)18-10-6-4-5-9-16-33(37,38)34(39,40)41/h13-14,22,25-26,28-29,43-44H,4-12,15-21H2,1-3H3. The molecule has 0 spiro atoms. The van der Waals surface area contributed by atoms with Crippen molar-refractivity contribution in [2.45, 2.75) is 134 Å². The van der Waals surface area contributed by atoms with E-state index in [0.29, 0.717) is 30.2 Å². The Kier molecular flexibility index (Phi) is 11.4. The zero-order valence-corrected chi connectivity index (χ0v) is 27.9. The van der Waals surface area contributed by atoms with Crippen LogP contribution in [0, 0.1) is 23.2 Å². The van der Waals surface area contributed by atoms with Gasteiger partial charge in [0.2, 0.25) is 0 Å². The number of unbranched alkanes of at least 4 members (excludes halogenated alkanes) is 6.